The summed E-state index contributed by atoms with van der Waals surface area (Å²) in [5.74, 6) is -0.235. The molecule has 1 aliphatic heterocycles. The van der Waals surface area contributed by atoms with Gasteiger partial charge in [-0.15, -0.1) is 0 Å². The molecule has 1 aromatic carbocycles. The summed E-state index contributed by atoms with van der Waals surface area (Å²) in [7, 11) is 0. The van der Waals surface area contributed by atoms with Crippen LogP contribution >= 0.6 is 15.9 Å². The SMILES string of the molecule is Fc1ccc(-c2ncn(CCN3CCOCC3)c2Br)cc1. The number of aromatic nitrogens is 2. The lowest BCUT2D eigenvalue weighted by Crippen LogP contribution is -2.38. The Bertz CT molecular complexity index is 593. The summed E-state index contributed by atoms with van der Waals surface area (Å²) >= 11 is 3.60. The van der Waals surface area contributed by atoms with Crippen molar-refractivity contribution in [3.05, 3.63) is 41.0 Å². The third-order valence-electron chi connectivity index (χ3n) is 3.65. The van der Waals surface area contributed by atoms with Crippen LogP contribution in [0.3, 0.4) is 0 Å². The summed E-state index contributed by atoms with van der Waals surface area (Å²) in [6.07, 6.45) is 1.82. The summed E-state index contributed by atoms with van der Waals surface area (Å²) < 4.78 is 21.3. The molecule has 4 nitrogen and oxygen atoms in total. The molecule has 2 heterocycles. The van der Waals surface area contributed by atoms with Crippen molar-refractivity contribution in [1.29, 1.82) is 0 Å². The van der Waals surface area contributed by atoms with Gasteiger partial charge in [0, 0.05) is 31.7 Å². The average Bonchev–Trinajstić information content (AvgIpc) is 2.88. The predicted molar refractivity (Wildman–Crippen MR) is 82.6 cm³/mol. The minimum Gasteiger partial charge on any atom is -0.379 e. The van der Waals surface area contributed by atoms with Gasteiger partial charge in [-0.3, -0.25) is 4.90 Å². The van der Waals surface area contributed by atoms with E-state index >= 15 is 0 Å². The summed E-state index contributed by atoms with van der Waals surface area (Å²) in [5.41, 5.74) is 1.75. The Morgan fingerprint density at radius 2 is 1.86 bits per heavy atom. The number of morpholine rings is 1. The first kappa shape index (κ1) is 14.7. The number of halogens is 2. The maximum absolute atomic E-state index is 13.0. The van der Waals surface area contributed by atoms with Crippen LogP contribution in [-0.4, -0.2) is 47.3 Å². The zero-order valence-corrected chi connectivity index (χ0v) is 13.2. The van der Waals surface area contributed by atoms with E-state index in [0.29, 0.717) is 0 Å². The highest BCUT2D eigenvalue weighted by atomic mass is 79.9. The van der Waals surface area contributed by atoms with Gasteiger partial charge < -0.3 is 9.30 Å². The van der Waals surface area contributed by atoms with Crippen molar-refractivity contribution in [2.75, 3.05) is 32.8 Å². The molecule has 0 amide bonds. The number of imidazole rings is 1. The van der Waals surface area contributed by atoms with Gasteiger partial charge in [-0.2, -0.15) is 0 Å². The number of hydrogen-bond donors (Lipinski definition) is 0. The average molecular weight is 354 g/mol. The molecule has 1 saturated heterocycles. The number of ether oxygens (including phenoxy) is 1. The molecular formula is C15H17BrFN3O. The number of rotatable bonds is 4. The molecule has 0 atom stereocenters. The molecular weight excluding hydrogens is 337 g/mol. The standard InChI is InChI=1S/C15H17BrFN3O/c16-15-14(12-1-3-13(17)4-2-12)18-11-20(15)6-5-19-7-9-21-10-8-19/h1-4,11H,5-10H2. The molecule has 1 fully saturated rings. The molecule has 0 bridgehead atoms. The van der Waals surface area contributed by atoms with Crippen LogP contribution in [0.15, 0.2) is 35.2 Å². The molecule has 0 radical (unpaired) electrons. The van der Waals surface area contributed by atoms with E-state index in [1.165, 1.54) is 12.1 Å². The van der Waals surface area contributed by atoms with E-state index in [1.54, 1.807) is 12.1 Å². The van der Waals surface area contributed by atoms with Gasteiger partial charge in [0.1, 0.15) is 16.1 Å². The summed E-state index contributed by atoms with van der Waals surface area (Å²) in [6.45, 7) is 5.43. The molecule has 21 heavy (non-hydrogen) atoms. The molecule has 3 rings (SSSR count). The smallest absolute Gasteiger partial charge is 0.123 e. The van der Waals surface area contributed by atoms with Crippen molar-refractivity contribution >= 4 is 15.9 Å². The highest BCUT2D eigenvalue weighted by molar-refractivity contribution is 9.10. The molecule has 1 aliphatic rings. The van der Waals surface area contributed by atoms with Crippen LogP contribution in [0.2, 0.25) is 0 Å². The highest BCUT2D eigenvalue weighted by Gasteiger charge is 2.13. The van der Waals surface area contributed by atoms with E-state index in [9.17, 15) is 4.39 Å². The minimum absolute atomic E-state index is 0.235. The molecule has 0 unspecified atom stereocenters. The van der Waals surface area contributed by atoms with Crippen LogP contribution in [0.4, 0.5) is 4.39 Å². The zero-order chi connectivity index (χ0) is 14.7. The van der Waals surface area contributed by atoms with Crippen molar-refractivity contribution in [2.45, 2.75) is 6.54 Å². The van der Waals surface area contributed by atoms with Gasteiger partial charge in [0.25, 0.3) is 0 Å². The Morgan fingerprint density at radius 3 is 2.57 bits per heavy atom. The van der Waals surface area contributed by atoms with Crippen LogP contribution in [0.5, 0.6) is 0 Å². The first-order valence-electron chi connectivity index (χ1n) is 7.01. The Labute approximate surface area is 131 Å². The van der Waals surface area contributed by atoms with Crippen LogP contribution in [-0.2, 0) is 11.3 Å². The molecule has 0 saturated carbocycles. The van der Waals surface area contributed by atoms with E-state index in [1.807, 2.05) is 6.33 Å². The van der Waals surface area contributed by atoms with Crippen LogP contribution < -0.4 is 0 Å². The van der Waals surface area contributed by atoms with Crippen LogP contribution in [0.25, 0.3) is 11.3 Å². The fraction of sp³-hybridized carbons (Fsp3) is 0.400. The normalized spacial score (nSPS) is 16.3. The number of benzene rings is 1. The van der Waals surface area contributed by atoms with Crippen LogP contribution in [0.1, 0.15) is 0 Å². The lowest BCUT2D eigenvalue weighted by atomic mass is 10.2. The van der Waals surface area contributed by atoms with E-state index in [4.69, 9.17) is 4.74 Å². The summed E-state index contributed by atoms with van der Waals surface area (Å²) in [4.78, 5) is 6.81. The second-order valence-corrected chi connectivity index (χ2v) is 5.79. The molecule has 112 valence electrons. The van der Waals surface area contributed by atoms with Crippen molar-refractivity contribution < 1.29 is 9.13 Å². The largest absolute Gasteiger partial charge is 0.379 e. The quantitative estimate of drug-likeness (QED) is 0.846. The van der Waals surface area contributed by atoms with Crippen molar-refractivity contribution in [3.8, 4) is 11.3 Å². The molecule has 1 aromatic heterocycles. The number of nitrogens with zero attached hydrogens (tertiary/aromatic N) is 3. The van der Waals surface area contributed by atoms with Crippen LogP contribution in [0, 0.1) is 5.82 Å². The monoisotopic (exact) mass is 353 g/mol. The fourth-order valence-corrected chi connectivity index (χ4v) is 3.00. The van der Waals surface area contributed by atoms with Gasteiger partial charge in [0.2, 0.25) is 0 Å². The Morgan fingerprint density at radius 1 is 1.14 bits per heavy atom. The van der Waals surface area contributed by atoms with Gasteiger partial charge in [-0.1, -0.05) is 0 Å². The van der Waals surface area contributed by atoms with E-state index < -0.39 is 0 Å². The van der Waals surface area contributed by atoms with Crippen molar-refractivity contribution in [1.82, 2.24) is 14.5 Å². The second-order valence-electron chi connectivity index (χ2n) is 5.04. The maximum Gasteiger partial charge on any atom is 0.123 e. The van der Waals surface area contributed by atoms with Gasteiger partial charge in [0.15, 0.2) is 0 Å². The molecule has 0 spiro atoms. The third-order valence-corrected chi connectivity index (χ3v) is 4.48. The third kappa shape index (κ3) is 3.51. The summed E-state index contributed by atoms with van der Waals surface area (Å²) in [5, 5.41) is 0. The summed E-state index contributed by atoms with van der Waals surface area (Å²) in [6, 6.07) is 6.40. The van der Waals surface area contributed by atoms with E-state index in [2.05, 4.69) is 30.4 Å². The Hall–Kier alpha value is -1.24. The van der Waals surface area contributed by atoms with Gasteiger partial charge >= 0.3 is 0 Å². The Balaban J connectivity index is 1.68. The second kappa shape index (κ2) is 6.68. The first-order chi connectivity index (χ1) is 10.2. The van der Waals surface area contributed by atoms with E-state index in [-0.39, 0.29) is 5.82 Å². The lowest BCUT2D eigenvalue weighted by molar-refractivity contribution is 0.0363. The molecule has 0 aliphatic carbocycles. The Kier molecular flexibility index (Phi) is 4.67. The molecule has 0 N–H and O–H groups in total. The lowest BCUT2D eigenvalue weighted by Gasteiger charge is -2.26. The topological polar surface area (TPSA) is 30.3 Å². The number of hydrogen-bond acceptors (Lipinski definition) is 3. The highest BCUT2D eigenvalue weighted by Crippen LogP contribution is 2.27. The molecule has 2 aromatic rings. The van der Waals surface area contributed by atoms with Gasteiger partial charge in [0.05, 0.1) is 19.5 Å². The minimum atomic E-state index is -0.235. The fourth-order valence-electron chi connectivity index (χ4n) is 2.40. The van der Waals surface area contributed by atoms with E-state index in [0.717, 1.165) is 55.3 Å². The van der Waals surface area contributed by atoms with Gasteiger partial charge in [-0.05, 0) is 40.2 Å². The first-order valence-corrected chi connectivity index (χ1v) is 7.80. The molecule has 6 heteroatoms. The zero-order valence-electron chi connectivity index (χ0n) is 11.6. The van der Waals surface area contributed by atoms with Gasteiger partial charge in [-0.25, -0.2) is 9.37 Å². The maximum atomic E-state index is 13.0. The van der Waals surface area contributed by atoms with Crippen molar-refractivity contribution in [3.63, 3.8) is 0 Å². The predicted octanol–water partition coefficient (Wildman–Crippen LogP) is 2.78. The van der Waals surface area contributed by atoms with Crippen molar-refractivity contribution in [2.24, 2.45) is 0 Å².